The minimum Gasteiger partial charge on any atom is -0.462 e. The predicted molar refractivity (Wildman–Crippen MR) is 95.0 cm³/mol. The molecule has 0 aliphatic rings. The third kappa shape index (κ3) is 3.36. The van der Waals surface area contributed by atoms with E-state index in [-0.39, 0.29) is 5.91 Å². The first kappa shape index (κ1) is 15.3. The molecule has 4 aromatic rings. The fourth-order valence-electron chi connectivity index (χ4n) is 2.38. The van der Waals surface area contributed by atoms with Gasteiger partial charge in [-0.1, -0.05) is 24.3 Å². The van der Waals surface area contributed by atoms with Gasteiger partial charge in [-0.3, -0.25) is 9.89 Å². The Morgan fingerprint density at radius 3 is 2.80 bits per heavy atom. The molecule has 0 aliphatic carbocycles. The fraction of sp³-hybridized carbons (Fsp3) is 0.0556. The summed E-state index contributed by atoms with van der Waals surface area (Å²) in [5, 5.41) is 12.2. The van der Waals surface area contributed by atoms with Gasteiger partial charge in [-0.2, -0.15) is 5.10 Å². The molecule has 0 aliphatic heterocycles. The van der Waals surface area contributed by atoms with Crippen molar-refractivity contribution >= 4 is 17.2 Å². The lowest BCUT2D eigenvalue weighted by Gasteiger charge is -2.04. The van der Waals surface area contributed by atoms with Gasteiger partial charge in [0.05, 0.1) is 12.0 Å². The normalized spacial score (nSPS) is 10.7. The first-order chi connectivity index (χ1) is 12.3. The number of carbonyl (C=O) groups excluding carboxylic acids is 1. The molecular formula is C18H14N4O2S. The van der Waals surface area contributed by atoms with Crippen molar-refractivity contribution in [2.75, 3.05) is 0 Å². The zero-order valence-electron chi connectivity index (χ0n) is 13.1. The molecule has 0 radical (unpaired) electrons. The number of nitrogens with zero attached hydrogens (tertiary/aromatic N) is 2. The molecule has 3 aromatic heterocycles. The van der Waals surface area contributed by atoms with Crippen LogP contribution >= 0.6 is 11.3 Å². The summed E-state index contributed by atoms with van der Waals surface area (Å²) in [4.78, 5) is 16.6. The smallest absolute Gasteiger partial charge is 0.271 e. The maximum Gasteiger partial charge on any atom is 0.271 e. The number of aromatic nitrogens is 3. The van der Waals surface area contributed by atoms with Crippen molar-refractivity contribution in [3.8, 4) is 22.0 Å². The van der Waals surface area contributed by atoms with Crippen LogP contribution in [0.25, 0.3) is 22.0 Å². The van der Waals surface area contributed by atoms with E-state index in [0.717, 1.165) is 16.8 Å². The summed E-state index contributed by atoms with van der Waals surface area (Å²) in [6, 6.07) is 13.5. The Morgan fingerprint density at radius 1 is 1.20 bits per heavy atom. The Hall–Kier alpha value is -3.19. The average molecular weight is 350 g/mol. The molecule has 3 heterocycles. The van der Waals surface area contributed by atoms with E-state index in [4.69, 9.17) is 4.42 Å². The lowest BCUT2D eigenvalue weighted by Crippen LogP contribution is -2.23. The fourth-order valence-corrected chi connectivity index (χ4v) is 3.15. The van der Waals surface area contributed by atoms with Gasteiger partial charge in [0.15, 0.2) is 10.8 Å². The van der Waals surface area contributed by atoms with Crippen LogP contribution in [0.5, 0.6) is 0 Å². The highest BCUT2D eigenvalue weighted by Crippen LogP contribution is 2.24. The number of rotatable bonds is 5. The first-order valence-corrected chi connectivity index (χ1v) is 8.54. The first-order valence-electron chi connectivity index (χ1n) is 7.66. The van der Waals surface area contributed by atoms with E-state index in [9.17, 15) is 4.79 Å². The number of amides is 1. The van der Waals surface area contributed by atoms with Gasteiger partial charge in [0.2, 0.25) is 0 Å². The number of benzene rings is 1. The standard InChI is InChI=1S/C18H14N4O2S/c23-17(15-11-25-18(21-15)16-2-1-9-24-16)19-10-12-3-5-13(6-4-12)14-7-8-20-22-14/h1-9,11H,10H2,(H,19,23)(H,20,22). The third-order valence-corrected chi connectivity index (χ3v) is 4.54. The molecule has 6 nitrogen and oxygen atoms in total. The molecule has 0 saturated heterocycles. The van der Waals surface area contributed by atoms with Crippen molar-refractivity contribution in [2.45, 2.75) is 6.54 Å². The highest BCUT2D eigenvalue weighted by Gasteiger charge is 2.13. The highest BCUT2D eigenvalue weighted by atomic mass is 32.1. The molecule has 0 spiro atoms. The van der Waals surface area contributed by atoms with Crippen molar-refractivity contribution in [3.63, 3.8) is 0 Å². The molecule has 0 fully saturated rings. The molecular weight excluding hydrogens is 336 g/mol. The third-order valence-electron chi connectivity index (χ3n) is 3.69. The number of aromatic amines is 1. The zero-order chi connectivity index (χ0) is 17.1. The van der Waals surface area contributed by atoms with Crippen LogP contribution in [0.3, 0.4) is 0 Å². The second-order valence-electron chi connectivity index (χ2n) is 5.37. The summed E-state index contributed by atoms with van der Waals surface area (Å²) >= 11 is 1.38. The maximum atomic E-state index is 12.2. The Kier molecular flexibility index (Phi) is 4.14. The summed E-state index contributed by atoms with van der Waals surface area (Å²) in [6.45, 7) is 0.440. The lowest BCUT2D eigenvalue weighted by molar-refractivity contribution is 0.0946. The second kappa shape index (κ2) is 6.74. The Labute approximate surface area is 147 Å². The molecule has 0 bridgehead atoms. The minimum absolute atomic E-state index is 0.202. The number of furan rings is 1. The maximum absolute atomic E-state index is 12.2. The van der Waals surface area contributed by atoms with Crippen molar-refractivity contribution in [2.24, 2.45) is 0 Å². The summed E-state index contributed by atoms with van der Waals surface area (Å²) in [5.41, 5.74) is 3.42. The molecule has 124 valence electrons. The summed E-state index contributed by atoms with van der Waals surface area (Å²) in [6.07, 6.45) is 3.30. The Bertz CT molecular complexity index is 957. The molecule has 0 unspecified atom stereocenters. The average Bonchev–Trinajstić information content (AvgIpc) is 3.42. The molecule has 1 aromatic carbocycles. The van der Waals surface area contributed by atoms with Crippen LogP contribution in [0.2, 0.25) is 0 Å². The van der Waals surface area contributed by atoms with Gasteiger partial charge in [0, 0.05) is 18.1 Å². The van der Waals surface area contributed by atoms with E-state index in [2.05, 4.69) is 20.5 Å². The van der Waals surface area contributed by atoms with Crippen LogP contribution in [0.15, 0.2) is 64.7 Å². The molecule has 4 rings (SSSR count). The van der Waals surface area contributed by atoms with Gasteiger partial charge in [-0.15, -0.1) is 11.3 Å². The number of thiazole rings is 1. The van der Waals surface area contributed by atoms with Gasteiger partial charge >= 0.3 is 0 Å². The quantitative estimate of drug-likeness (QED) is 0.574. The number of hydrogen-bond donors (Lipinski definition) is 2. The van der Waals surface area contributed by atoms with Gasteiger partial charge in [0.25, 0.3) is 5.91 Å². The highest BCUT2D eigenvalue weighted by molar-refractivity contribution is 7.13. The second-order valence-corrected chi connectivity index (χ2v) is 6.22. The van der Waals surface area contributed by atoms with Crippen molar-refractivity contribution in [1.29, 1.82) is 0 Å². The SMILES string of the molecule is O=C(NCc1ccc(-c2ccn[nH]2)cc1)c1csc(-c2ccco2)n1. The number of carbonyl (C=O) groups is 1. The van der Waals surface area contributed by atoms with E-state index < -0.39 is 0 Å². The Morgan fingerprint density at radius 2 is 2.08 bits per heavy atom. The zero-order valence-corrected chi connectivity index (χ0v) is 13.9. The molecule has 2 N–H and O–H groups in total. The van der Waals surface area contributed by atoms with Crippen molar-refractivity contribution in [1.82, 2.24) is 20.5 Å². The summed E-state index contributed by atoms with van der Waals surface area (Å²) in [7, 11) is 0. The van der Waals surface area contributed by atoms with Crippen molar-refractivity contribution < 1.29 is 9.21 Å². The number of hydrogen-bond acceptors (Lipinski definition) is 5. The van der Waals surface area contributed by atoms with Gasteiger partial charge in [-0.05, 0) is 29.3 Å². The number of H-pyrrole nitrogens is 1. The molecule has 0 atom stereocenters. The molecule has 25 heavy (non-hydrogen) atoms. The van der Waals surface area contributed by atoms with Crippen LogP contribution in [0.1, 0.15) is 16.1 Å². The van der Waals surface area contributed by atoms with Crippen LogP contribution in [0, 0.1) is 0 Å². The topological polar surface area (TPSA) is 83.8 Å². The van der Waals surface area contributed by atoms with Crippen LogP contribution < -0.4 is 5.32 Å². The van der Waals surface area contributed by atoms with E-state index in [1.165, 1.54) is 11.3 Å². The monoisotopic (exact) mass is 350 g/mol. The summed E-state index contributed by atoms with van der Waals surface area (Å²) in [5.74, 6) is 0.463. The van der Waals surface area contributed by atoms with E-state index in [1.807, 2.05) is 36.4 Å². The lowest BCUT2D eigenvalue weighted by atomic mass is 10.1. The van der Waals surface area contributed by atoms with Crippen LogP contribution in [-0.4, -0.2) is 21.1 Å². The number of nitrogens with one attached hydrogen (secondary N) is 2. The molecule has 1 amide bonds. The van der Waals surface area contributed by atoms with Crippen molar-refractivity contribution in [3.05, 3.63) is 71.6 Å². The van der Waals surface area contributed by atoms with Gasteiger partial charge < -0.3 is 9.73 Å². The summed E-state index contributed by atoms with van der Waals surface area (Å²) < 4.78 is 5.29. The van der Waals surface area contributed by atoms with Crippen LogP contribution in [0.4, 0.5) is 0 Å². The Balaban J connectivity index is 1.39. The predicted octanol–water partition coefficient (Wildman–Crippen LogP) is 3.72. The largest absolute Gasteiger partial charge is 0.462 e. The minimum atomic E-state index is -0.202. The van der Waals surface area contributed by atoms with Gasteiger partial charge in [0.1, 0.15) is 5.69 Å². The molecule has 0 saturated carbocycles. The van der Waals surface area contributed by atoms with E-state index in [0.29, 0.717) is 23.0 Å². The van der Waals surface area contributed by atoms with E-state index >= 15 is 0 Å². The van der Waals surface area contributed by atoms with Crippen LogP contribution in [-0.2, 0) is 6.54 Å². The van der Waals surface area contributed by atoms with Gasteiger partial charge in [-0.25, -0.2) is 4.98 Å². The molecule has 7 heteroatoms. The van der Waals surface area contributed by atoms with E-state index in [1.54, 1.807) is 23.9 Å².